The first kappa shape index (κ1) is 12.9. The van der Waals surface area contributed by atoms with E-state index in [4.69, 9.17) is 4.74 Å². The molecule has 0 aromatic carbocycles. The van der Waals surface area contributed by atoms with Gasteiger partial charge in [-0.15, -0.1) is 0 Å². The van der Waals surface area contributed by atoms with E-state index in [0.29, 0.717) is 24.0 Å². The van der Waals surface area contributed by atoms with Gasteiger partial charge in [0, 0.05) is 30.5 Å². The van der Waals surface area contributed by atoms with E-state index in [1.165, 1.54) is 25.7 Å². The van der Waals surface area contributed by atoms with Gasteiger partial charge in [-0.2, -0.15) is 0 Å². The summed E-state index contributed by atoms with van der Waals surface area (Å²) in [6, 6.07) is 0.583. The average molecular weight is 253 g/mol. The monoisotopic (exact) mass is 253 g/mol. The van der Waals surface area contributed by atoms with Gasteiger partial charge in [0.25, 0.3) is 0 Å². The first-order chi connectivity index (χ1) is 8.60. The number of hydrogen-bond acceptors (Lipinski definition) is 3. The largest absolute Gasteiger partial charge is 0.393 e. The second-order valence-electron chi connectivity index (χ2n) is 7.06. The third-order valence-corrected chi connectivity index (χ3v) is 5.57. The lowest BCUT2D eigenvalue weighted by atomic mass is 9.57. The molecule has 2 N–H and O–H groups in total. The van der Waals surface area contributed by atoms with Crippen LogP contribution in [0.5, 0.6) is 0 Å². The zero-order valence-electron chi connectivity index (χ0n) is 11.7. The molecule has 0 amide bonds. The van der Waals surface area contributed by atoms with Gasteiger partial charge in [0.1, 0.15) is 0 Å². The van der Waals surface area contributed by atoms with Gasteiger partial charge in [0.05, 0.1) is 12.2 Å². The van der Waals surface area contributed by atoms with Crippen molar-refractivity contribution in [3.63, 3.8) is 0 Å². The van der Waals surface area contributed by atoms with Crippen molar-refractivity contribution in [3.05, 3.63) is 0 Å². The lowest BCUT2D eigenvalue weighted by Gasteiger charge is -2.55. The molecule has 3 rings (SSSR count). The van der Waals surface area contributed by atoms with Gasteiger partial charge in [-0.05, 0) is 25.2 Å². The van der Waals surface area contributed by atoms with Gasteiger partial charge in [-0.3, -0.25) is 0 Å². The van der Waals surface area contributed by atoms with E-state index >= 15 is 0 Å². The fourth-order valence-electron chi connectivity index (χ4n) is 4.44. The van der Waals surface area contributed by atoms with Crippen LogP contribution in [0.4, 0.5) is 0 Å². The molecule has 0 bridgehead atoms. The molecule has 104 valence electrons. The smallest absolute Gasteiger partial charge is 0.0685 e. The molecule has 2 saturated carbocycles. The Morgan fingerprint density at radius 1 is 1.22 bits per heavy atom. The minimum atomic E-state index is -0.0786. The van der Waals surface area contributed by atoms with Crippen molar-refractivity contribution in [2.45, 2.75) is 64.2 Å². The molecule has 2 aliphatic carbocycles. The van der Waals surface area contributed by atoms with E-state index < -0.39 is 0 Å². The Kier molecular flexibility index (Phi) is 3.41. The molecule has 3 fully saturated rings. The summed E-state index contributed by atoms with van der Waals surface area (Å²) in [4.78, 5) is 0. The van der Waals surface area contributed by atoms with Crippen LogP contribution in [0.2, 0.25) is 0 Å². The normalized spacial score (nSPS) is 46.5. The van der Waals surface area contributed by atoms with Gasteiger partial charge in [-0.1, -0.05) is 26.7 Å². The summed E-state index contributed by atoms with van der Waals surface area (Å²) in [5, 5.41) is 13.8. The van der Waals surface area contributed by atoms with Crippen molar-refractivity contribution in [1.29, 1.82) is 0 Å². The lowest BCUT2D eigenvalue weighted by Crippen LogP contribution is -2.66. The number of aliphatic hydroxyl groups is 1. The maximum Gasteiger partial charge on any atom is 0.0685 e. The number of fused-ring (bicyclic) bond motifs is 1. The van der Waals surface area contributed by atoms with Gasteiger partial charge >= 0.3 is 0 Å². The van der Waals surface area contributed by atoms with E-state index in [1.54, 1.807) is 0 Å². The predicted octanol–water partition coefficient (Wildman–Crippen LogP) is 1.94. The number of ether oxygens (including phenoxy) is 1. The van der Waals surface area contributed by atoms with Crippen molar-refractivity contribution in [1.82, 2.24) is 5.32 Å². The van der Waals surface area contributed by atoms with Gasteiger partial charge in [0.15, 0.2) is 0 Å². The van der Waals surface area contributed by atoms with Crippen LogP contribution in [0.3, 0.4) is 0 Å². The van der Waals surface area contributed by atoms with E-state index in [1.807, 2.05) is 0 Å². The standard InChI is InChI=1S/C15H27NO2/c1-15(2)13(11-7-8-18-14(11)15)16-9-10-5-3-4-6-12(10)17/h10-14,16-17H,3-9H2,1-2H3. The SMILES string of the molecule is CC1(C)C(NCC2CCCCC2O)C2CCOC21. The Bertz CT molecular complexity index is 305. The Balaban J connectivity index is 1.54. The highest BCUT2D eigenvalue weighted by Crippen LogP contribution is 2.52. The van der Waals surface area contributed by atoms with Crippen LogP contribution in [-0.4, -0.2) is 36.5 Å². The molecule has 0 radical (unpaired) electrons. The molecule has 5 atom stereocenters. The molecule has 0 spiro atoms. The number of rotatable bonds is 3. The number of hydrogen-bond donors (Lipinski definition) is 2. The van der Waals surface area contributed by atoms with E-state index in [0.717, 1.165) is 19.6 Å². The summed E-state index contributed by atoms with van der Waals surface area (Å²) in [7, 11) is 0. The zero-order valence-corrected chi connectivity index (χ0v) is 11.7. The summed E-state index contributed by atoms with van der Waals surface area (Å²) in [6.45, 7) is 6.55. The third-order valence-electron chi connectivity index (χ3n) is 5.57. The van der Waals surface area contributed by atoms with E-state index in [2.05, 4.69) is 19.2 Å². The van der Waals surface area contributed by atoms with E-state index in [-0.39, 0.29) is 11.5 Å². The highest BCUT2D eigenvalue weighted by molar-refractivity contribution is 5.11. The summed E-state index contributed by atoms with van der Waals surface area (Å²) in [5.41, 5.74) is 0.265. The maximum absolute atomic E-state index is 10.0. The van der Waals surface area contributed by atoms with Gasteiger partial charge < -0.3 is 15.2 Å². The van der Waals surface area contributed by atoms with Crippen molar-refractivity contribution in [2.75, 3.05) is 13.2 Å². The molecule has 0 aromatic rings. The molecule has 1 heterocycles. The Morgan fingerprint density at radius 3 is 2.78 bits per heavy atom. The fraction of sp³-hybridized carbons (Fsp3) is 1.00. The van der Waals surface area contributed by atoms with Crippen LogP contribution in [0.15, 0.2) is 0 Å². The van der Waals surface area contributed by atoms with Crippen LogP contribution in [-0.2, 0) is 4.74 Å². The second-order valence-corrected chi connectivity index (χ2v) is 7.06. The van der Waals surface area contributed by atoms with Crippen LogP contribution in [0.25, 0.3) is 0 Å². The minimum absolute atomic E-state index is 0.0786. The quantitative estimate of drug-likeness (QED) is 0.807. The van der Waals surface area contributed by atoms with Gasteiger partial charge in [-0.25, -0.2) is 0 Å². The Morgan fingerprint density at radius 2 is 2.00 bits per heavy atom. The summed E-state index contributed by atoms with van der Waals surface area (Å²) in [6.07, 6.45) is 6.26. The fourth-order valence-corrected chi connectivity index (χ4v) is 4.44. The molecule has 0 aromatic heterocycles. The second kappa shape index (κ2) is 4.77. The highest BCUT2D eigenvalue weighted by atomic mass is 16.5. The molecule has 3 heteroatoms. The molecular weight excluding hydrogens is 226 g/mol. The van der Waals surface area contributed by atoms with Crippen LogP contribution < -0.4 is 5.32 Å². The zero-order chi connectivity index (χ0) is 12.8. The first-order valence-electron chi connectivity index (χ1n) is 7.64. The molecular formula is C15H27NO2. The van der Waals surface area contributed by atoms with E-state index in [9.17, 15) is 5.11 Å². The molecule has 3 aliphatic rings. The highest BCUT2D eigenvalue weighted by Gasteiger charge is 2.59. The summed E-state index contributed by atoms with van der Waals surface area (Å²) < 4.78 is 5.82. The van der Waals surface area contributed by atoms with Crippen molar-refractivity contribution >= 4 is 0 Å². The first-order valence-corrected chi connectivity index (χ1v) is 7.64. The van der Waals surface area contributed by atoms with Crippen LogP contribution >= 0.6 is 0 Å². The summed E-state index contributed by atoms with van der Waals surface area (Å²) in [5.74, 6) is 1.18. The number of aliphatic hydroxyl groups excluding tert-OH is 1. The maximum atomic E-state index is 10.0. The molecule has 1 aliphatic heterocycles. The van der Waals surface area contributed by atoms with Crippen molar-refractivity contribution in [2.24, 2.45) is 17.3 Å². The Labute approximate surface area is 110 Å². The molecule has 18 heavy (non-hydrogen) atoms. The Hall–Kier alpha value is -0.120. The summed E-state index contributed by atoms with van der Waals surface area (Å²) >= 11 is 0. The van der Waals surface area contributed by atoms with Crippen LogP contribution in [0, 0.1) is 17.3 Å². The van der Waals surface area contributed by atoms with Crippen molar-refractivity contribution < 1.29 is 9.84 Å². The molecule has 1 saturated heterocycles. The number of nitrogens with one attached hydrogen (secondary N) is 1. The molecule has 3 nitrogen and oxygen atoms in total. The minimum Gasteiger partial charge on any atom is -0.393 e. The third kappa shape index (κ3) is 2.00. The predicted molar refractivity (Wildman–Crippen MR) is 71.4 cm³/mol. The molecule has 5 unspecified atom stereocenters. The van der Waals surface area contributed by atoms with Crippen molar-refractivity contribution in [3.8, 4) is 0 Å². The lowest BCUT2D eigenvalue weighted by molar-refractivity contribution is -0.114. The van der Waals surface area contributed by atoms with Crippen LogP contribution in [0.1, 0.15) is 46.0 Å². The average Bonchev–Trinajstić information content (AvgIpc) is 2.78. The topological polar surface area (TPSA) is 41.5 Å². The van der Waals surface area contributed by atoms with Gasteiger partial charge in [0.2, 0.25) is 0 Å².